The maximum Gasteiger partial charge on any atom is 0.338 e. The van der Waals surface area contributed by atoms with Crippen LogP contribution in [0.5, 0.6) is 0 Å². The van der Waals surface area contributed by atoms with Crippen molar-refractivity contribution >= 4 is 5.97 Å². The molecule has 0 aromatic heterocycles. The first-order valence-corrected chi connectivity index (χ1v) is 4.47. The third-order valence-corrected chi connectivity index (χ3v) is 2.28. The molecule has 0 unspecified atom stereocenters. The quantitative estimate of drug-likeness (QED) is 0.789. The molecule has 0 radical (unpaired) electrons. The first kappa shape index (κ1) is 10.7. The number of benzene rings is 1. The number of hydrogen-bond donors (Lipinski definition) is 1. The van der Waals surface area contributed by atoms with Crippen molar-refractivity contribution in [1.29, 1.82) is 0 Å². The van der Waals surface area contributed by atoms with Gasteiger partial charge in [0.25, 0.3) is 0 Å². The van der Waals surface area contributed by atoms with Crippen LogP contribution in [0.1, 0.15) is 41.3 Å². The fraction of sp³-hybridized carbons (Fsp3) is 0.364. The molecule has 0 bridgehead atoms. The summed E-state index contributed by atoms with van der Waals surface area (Å²) in [6.45, 7) is 5.50. The van der Waals surface area contributed by atoms with Crippen LogP contribution < -0.4 is 0 Å². The molecular weight excluding hydrogens is 183 g/mol. The lowest BCUT2D eigenvalue weighted by molar-refractivity contribution is 0.0691. The standard InChI is InChI=1S/C11H13FO2/c1-6(2)8-4-5-9(11(13)14)10(12)7(8)3/h4-6H,1-3H3,(H,13,14). The number of aromatic carboxylic acids is 1. The van der Waals surface area contributed by atoms with Gasteiger partial charge < -0.3 is 5.11 Å². The van der Waals surface area contributed by atoms with E-state index in [4.69, 9.17) is 5.11 Å². The van der Waals surface area contributed by atoms with E-state index < -0.39 is 11.8 Å². The van der Waals surface area contributed by atoms with E-state index >= 15 is 0 Å². The summed E-state index contributed by atoms with van der Waals surface area (Å²) < 4.78 is 13.5. The summed E-state index contributed by atoms with van der Waals surface area (Å²) in [6.07, 6.45) is 0. The summed E-state index contributed by atoms with van der Waals surface area (Å²) in [5, 5.41) is 8.68. The lowest BCUT2D eigenvalue weighted by Gasteiger charge is -2.11. The van der Waals surface area contributed by atoms with Gasteiger partial charge in [-0.3, -0.25) is 0 Å². The lowest BCUT2D eigenvalue weighted by Crippen LogP contribution is -2.05. The SMILES string of the molecule is Cc1c(C(C)C)ccc(C(=O)O)c1F. The van der Waals surface area contributed by atoms with Gasteiger partial charge >= 0.3 is 5.97 Å². The predicted molar refractivity (Wildman–Crippen MR) is 52.2 cm³/mol. The molecule has 0 heterocycles. The highest BCUT2D eigenvalue weighted by Crippen LogP contribution is 2.23. The molecule has 0 saturated carbocycles. The minimum atomic E-state index is -1.22. The number of carbonyl (C=O) groups is 1. The number of halogens is 1. The Morgan fingerprint density at radius 2 is 2.00 bits per heavy atom. The van der Waals surface area contributed by atoms with Crippen LogP contribution in [0.25, 0.3) is 0 Å². The van der Waals surface area contributed by atoms with Gasteiger partial charge in [0.05, 0.1) is 5.56 Å². The van der Waals surface area contributed by atoms with Crippen LogP contribution >= 0.6 is 0 Å². The molecular formula is C11H13FO2. The molecule has 0 spiro atoms. The summed E-state index contributed by atoms with van der Waals surface area (Å²) in [5.74, 6) is -1.64. The second kappa shape index (κ2) is 3.78. The molecule has 76 valence electrons. The molecule has 0 fully saturated rings. The van der Waals surface area contributed by atoms with Crippen molar-refractivity contribution in [2.45, 2.75) is 26.7 Å². The zero-order chi connectivity index (χ0) is 10.9. The monoisotopic (exact) mass is 196 g/mol. The maximum absolute atomic E-state index is 13.5. The van der Waals surface area contributed by atoms with Crippen LogP contribution in [-0.2, 0) is 0 Å². The van der Waals surface area contributed by atoms with Crippen LogP contribution in [0.2, 0.25) is 0 Å². The number of rotatable bonds is 2. The van der Waals surface area contributed by atoms with E-state index in [0.717, 1.165) is 5.56 Å². The summed E-state index contributed by atoms with van der Waals surface area (Å²) in [7, 11) is 0. The zero-order valence-electron chi connectivity index (χ0n) is 8.47. The van der Waals surface area contributed by atoms with E-state index in [1.165, 1.54) is 6.07 Å². The topological polar surface area (TPSA) is 37.3 Å². The van der Waals surface area contributed by atoms with Crippen molar-refractivity contribution in [3.63, 3.8) is 0 Å². The normalized spacial score (nSPS) is 10.6. The van der Waals surface area contributed by atoms with Crippen molar-refractivity contribution in [2.24, 2.45) is 0 Å². The summed E-state index contributed by atoms with van der Waals surface area (Å²) in [4.78, 5) is 10.6. The Morgan fingerprint density at radius 3 is 2.43 bits per heavy atom. The Hall–Kier alpha value is -1.38. The van der Waals surface area contributed by atoms with Crippen molar-refractivity contribution in [3.05, 3.63) is 34.6 Å². The smallest absolute Gasteiger partial charge is 0.338 e. The second-order valence-electron chi connectivity index (χ2n) is 3.60. The minimum Gasteiger partial charge on any atom is -0.478 e. The van der Waals surface area contributed by atoms with Gasteiger partial charge in [-0.05, 0) is 30.0 Å². The first-order chi connectivity index (χ1) is 6.45. The van der Waals surface area contributed by atoms with Crippen LogP contribution in [0.15, 0.2) is 12.1 Å². The summed E-state index contributed by atoms with van der Waals surface area (Å²) in [6, 6.07) is 2.99. The highest BCUT2D eigenvalue weighted by atomic mass is 19.1. The van der Waals surface area contributed by atoms with Crippen LogP contribution in [0.4, 0.5) is 4.39 Å². The third-order valence-electron chi connectivity index (χ3n) is 2.28. The molecule has 0 aliphatic carbocycles. The summed E-state index contributed by atoms with van der Waals surface area (Å²) >= 11 is 0. The van der Waals surface area contributed by atoms with E-state index in [2.05, 4.69) is 0 Å². The van der Waals surface area contributed by atoms with Crippen LogP contribution in [0.3, 0.4) is 0 Å². The molecule has 0 aliphatic heterocycles. The average molecular weight is 196 g/mol. The number of hydrogen-bond acceptors (Lipinski definition) is 1. The Balaban J connectivity index is 3.33. The molecule has 0 saturated heterocycles. The van der Waals surface area contributed by atoms with Crippen LogP contribution in [-0.4, -0.2) is 11.1 Å². The van der Waals surface area contributed by atoms with Gasteiger partial charge in [0, 0.05) is 0 Å². The molecule has 0 atom stereocenters. The van der Waals surface area contributed by atoms with E-state index in [9.17, 15) is 9.18 Å². The highest BCUT2D eigenvalue weighted by molar-refractivity contribution is 5.88. The van der Waals surface area contributed by atoms with Gasteiger partial charge in [-0.15, -0.1) is 0 Å². The van der Waals surface area contributed by atoms with Crippen molar-refractivity contribution in [3.8, 4) is 0 Å². The van der Waals surface area contributed by atoms with Gasteiger partial charge in [0.1, 0.15) is 5.82 Å². The fourth-order valence-electron chi connectivity index (χ4n) is 1.49. The van der Waals surface area contributed by atoms with Crippen molar-refractivity contribution < 1.29 is 14.3 Å². The molecule has 2 nitrogen and oxygen atoms in total. The Kier molecular flexibility index (Phi) is 2.89. The van der Waals surface area contributed by atoms with Gasteiger partial charge in [-0.25, -0.2) is 9.18 Å². The number of carboxylic acid groups (broad SMARTS) is 1. The molecule has 0 amide bonds. The van der Waals surface area contributed by atoms with E-state index in [-0.39, 0.29) is 11.5 Å². The fourth-order valence-corrected chi connectivity index (χ4v) is 1.49. The molecule has 1 aromatic carbocycles. The van der Waals surface area contributed by atoms with Crippen molar-refractivity contribution in [1.82, 2.24) is 0 Å². The molecule has 3 heteroatoms. The molecule has 14 heavy (non-hydrogen) atoms. The lowest BCUT2D eigenvalue weighted by atomic mass is 9.95. The molecule has 1 aromatic rings. The van der Waals surface area contributed by atoms with Gasteiger partial charge in [-0.1, -0.05) is 19.9 Å². The Labute approximate surface area is 82.4 Å². The average Bonchev–Trinajstić information content (AvgIpc) is 2.08. The molecule has 1 N–H and O–H groups in total. The Bertz CT molecular complexity index is 370. The number of carboxylic acids is 1. The van der Waals surface area contributed by atoms with E-state index in [1.807, 2.05) is 13.8 Å². The van der Waals surface area contributed by atoms with Gasteiger partial charge in [0.2, 0.25) is 0 Å². The predicted octanol–water partition coefficient (Wildman–Crippen LogP) is 2.96. The highest BCUT2D eigenvalue weighted by Gasteiger charge is 2.15. The largest absolute Gasteiger partial charge is 0.478 e. The van der Waals surface area contributed by atoms with Gasteiger partial charge in [-0.2, -0.15) is 0 Å². The second-order valence-corrected chi connectivity index (χ2v) is 3.60. The third kappa shape index (κ3) is 1.76. The minimum absolute atomic E-state index is 0.201. The molecule has 1 rings (SSSR count). The molecule has 0 aliphatic rings. The van der Waals surface area contributed by atoms with Gasteiger partial charge in [0.15, 0.2) is 0 Å². The Morgan fingerprint density at radius 1 is 1.43 bits per heavy atom. The van der Waals surface area contributed by atoms with E-state index in [0.29, 0.717) is 5.56 Å². The van der Waals surface area contributed by atoms with E-state index in [1.54, 1.807) is 13.0 Å². The zero-order valence-corrected chi connectivity index (χ0v) is 8.47. The van der Waals surface area contributed by atoms with Crippen molar-refractivity contribution in [2.75, 3.05) is 0 Å². The summed E-state index contributed by atoms with van der Waals surface area (Å²) in [5.41, 5.74) is 1.03. The maximum atomic E-state index is 13.5. The van der Waals surface area contributed by atoms with Crippen LogP contribution in [0, 0.1) is 12.7 Å². The first-order valence-electron chi connectivity index (χ1n) is 4.47.